The Morgan fingerprint density at radius 3 is 2.64 bits per heavy atom. The first-order valence-corrected chi connectivity index (χ1v) is 5.10. The van der Waals surface area contributed by atoms with E-state index in [1.807, 2.05) is 27.7 Å². The van der Waals surface area contributed by atoms with Crippen LogP contribution < -0.4 is 11.1 Å². The number of hydrogen-bond acceptors (Lipinski definition) is 3. The van der Waals surface area contributed by atoms with Crippen LogP contribution in [0.1, 0.15) is 27.7 Å². The summed E-state index contributed by atoms with van der Waals surface area (Å²) in [5.74, 6) is 1.23. The van der Waals surface area contributed by atoms with Gasteiger partial charge in [-0.2, -0.15) is 0 Å². The molecule has 4 heteroatoms. The minimum atomic E-state index is 0.225. The quantitative estimate of drug-likeness (QED) is 0.519. The Kier molecular flexibility index (Phi) is 6.62. The molecule has 1 saturated heterocycles. The third-order valence-electron chi connectivity index (χ3n) is 1.35. The first-order valence-electron chi connectivity index (χ1n) is 5.10. The summed E-state index contributed by atoms with van der Waals surface area (Å²) in [5.41, 5.74) is 5.61. The minimum absolute atomic E-state index is 0.225. The summed E-state index contributed by atoms with van der Waals surface area (Å²) in [6.45, 7) is 9.52. The SMILES string of the molecule is CC.CC(C)N=C(N)/C=C1\NCCO1. The molecule has 1 aliphatic heterocycles. The first-order chi connectivity index (χ1) is 6.68. The molecule has 14 heavy (non-hydrogen) atoms. The number of amidine groups is 1. The molecule has 0 aliphatic carbocycles. The number of rotatable bonds is 2. The highest BCUT2D eigenvalue weighted by molar-refractivity contribution is 5.91. The van der Waals surface area contributed by atoms with Crippen molar-refractivity contribution in [2.75, 3.05) is 13.2 Å². The van der Waals surface area contributed by atoms with Gasteiger partial charge in [-0.05, 0) is 13.8 Å². The number of nitrogens with zero attached hydrogens (tertiary/aromatic N) is 1. The van der Waals surface area contributed by atoms with Crippen LogP contribution in [-0.4, -0.2) is 25.0 Å². The van der Waals surface area contributed by atoms with Gasteiger partial charge in [0.15, 0.2) is 5.88 Å². The fraction of sp³-hybridized carbons (Fsp3) is 0.700. The Balaban J connectivity index is 0.000000791. The normalized spacial score (nSPS) is 18.6. The molecule has 3 N–H and O–H groups in total. The van der Waals surface area contributed by atoms with Crippen LogP contribution >= 0.6 is 0 Å². The lowest BCUT2D eigenvalue weighted by atomic mass is 10.4. The van der Waals surface area contributed by atoms with Crippen molar-refractivity contribution in [1.82, 2.24) is 5.32 Å². The van der Waals surface area contributed by atoms with Crippen LogP contribution in [0.25, 0.3) is 0 Å². The van der Waals surface area contributed by atoms with Gasteiger partial charge in [0, 0.05) is 12.1 Å². The molecule has 4 nitrogen and oxygen atoms in total. The van der Waals surface area contributed by atoms with Crippen LogP contribution in [-0.2, 0) is 4.74 Å². The molecule has 0 spiro atoms. The lowest BCUT2D eigenvalue weighted by Gasteiger charge is -2.00. The lowest BCUT2D eigenvalue weighted by molar-refractivity contribution is 0.266. The van der Waals surface area contributed by atoms with Crippen molar-refractivity contribution < 1.29 is 4.74 Å². The fourth-order valence-electron chi connectivity index (χ4n) is 0.949. The fourth-order valence-corrected chi connectivity index (χ4v) is 0.949. The zero-order chi connectivity index (χ0) is 11.0. The Morgan fingerprint density at radius 1 is 1.57 bits per heavy atom. The van der Waals surface area contributed by atoms with Gasteiger partial charge in [-0.3, -0.25) is 4.99 Å². The monoisotopic (exact) mass is 199 g/mol. The van der Waals surface area contributed by atoms with Crippen molar-refractivity contribution in [3.8, 4) is 0 Å². The van der Waals surface area contributed by atoms with Crippen LogP contribution in [0.15, 0.2) is 17.0 Å². The van der Waals surface area contributed by atoms with E-state index in [-0.39, 0.29) is 6.04 Å². The van der Waals surface area contributed by atoms with Gasteiger partial charge in [0.25, 0.3) is 0 Å². The Hall–Kier alpha value is -1.19. The van der Waals surface area contributed by atoms with E-state index in [0.29, 0.717) is 12.4 Å². The maximum Gasteiger partial charge on any atom is 0.190 e. The second-order valence-electron chi connectivity index (χ2n) is 2.93. The molecule has 0 aromatic rings. The summed E-state index contributed by atoms with van der Waals surface area (Å²) in [5, 5.41) is 3.04. The number of aliphatic imine (C=N–C) groups is 1. The number of nitrogens with one attached hydrogen (secondary N) is 1. The maximum atomic E-state index is 5.61. The molecular formula is C10H21N3O. The zero-order valence-corrected chi connectivity index (χ0v) is 9.50. The van der Waals surface area contributed by atoms with E-state index in [0.717, 1.165) is 12.4 Å². The molecule has 1 fully saturated rings. The van der Waals surface area contributed by atoms with E-state index in [2.05, 4.69) is 10.3 Å². The van der Waals surface area contributed by atoms with E-state index >= 15 is 0 Å². The molecule has 0 saturated carbocycles. The summed E-state index contributed by atoms with van der Waals surface area (Å²) in [6.07, 6.45) is 1.72. The van der Waals surface area contributed by atoms with E-state index in [9.17, 15) is 0 Å². The Bertz CT molecular complexity index is 201. The Morgan fingerprint density at radius 2 is 2.21 bits per heavy atom. The van der Waals surface area contributed by atoms with Crippen LogP contribution in [0.4, 0.5) is 0 Å². The predicted octanol–water partition coefficient (Wildman–Crippen LogP) is 1.24. The average Bonchev–Trinajstić information content (AvgIpc) is 2.59. The molecule has 82 valence electrons. The summed E-state index contributed by atoms with van der Waals surface area (Å²) < 4.78 is 5.19. The highest BCUT2D eigenvalue weighted by Crippen LogP contribution is 1.98. The molecule has 0 aromatic carbocycles. The average molecular weight is 199 g/mol. The topological polar surface area (TPSA) is 59.6 Å². The van der Waals surface area contributed by atoms with Gasteiger partial charge in [-0.15, -0.1) is 0 Å². The third kappa shape index (κ3) is 5.45. The standard InChI is InChI=1S/C8H15N3O.C2H6/c1-6(2)11-7(9)5-8-10-3-4-12-8;1-2/h5-6,10H,3-4H2,1-2H3,(H2,9,11);1-2H3/b8-5+;. The van der Waals surface area contributed by atoms with Gasteiger partial charge < -0.3 is 15.8 Å². The molecule has 0 atom stereocenters. The van der Waals surface area contributed by atoms with Crippen molar-refractivity contribution in [2.45, 2.75) is 33.7 Å². The van der Waals surface area contributed by atoms with Crippen molar-refractivity contribution in [1.29, 1.82) is 0 Å². The summed E-state index contributed by atoms with van der Waals surface area (Å²) in [4.78, 5) is 4.14. The summed E-state index contributed by atoms with van der Waals surface area (Å²) >= 11 is 0. The van der Waals surface area contributed by atoms with Crippen molar-refractivity contribution in [3.05, 3.63) is 12.0 Å². The van der Waals surface area contributed by atoms with Crippen LogP contribution in [0.5, 0.6) is 0 Å². The zero-order valence-electron chi connectivity index (χ0n) is 9.50. The molecule has 0 amide bonds. The van der Waals surface area contributed by atoms with E-state index in [1.54, 1.807) is 6.08 Å². The molecule has 0 radical (unpaired) electrons. The lowest BCUT2D eigenvalue weighted by Crippen LogP contribution is -2.14. The van der Waals surface area contributed by atoms with E-state index in [4.69, 9.17) is 10.5 Å². The van der Waals surface area contributed by atoms with Crippen LogP contribution in [0.2, 0.25) is 0 Å². The highest BCUT2D eigenvalue weighted by Gasteiger charge is 2.05. The first kappa shape index (κ1) is 12.8. The molecular weight excluding hydrogens is 178 g/mol. The van der Waals surface area contributed by atoms with Gasteiger partial charge in [0.2, 0.25) is 0 Å². The van der Waals surface area contributed by atoms with E-state index < -0.39 is 0 Å². The van der Waals surface area contributed by atoms with Gasteiger partial charge in [-0.25, -0.2) is 0 Å². The van der Waals surface area contributed by atoms with Crippen molar-refractivity contribution in [3.63, 3.8) is 0 Å². The Labute approximate surface area is 86.2 Å². The number of hydrogen-bond donors (Lipinski definition) is 2. The molecule has 0 bridgehead atoms. The summed E-state index contributed by atoms with van der Waals surface area (Å²) in [7, 11) is 0. The van der Waals surface area contributed by atoms with Gasteiger partial charge in [0.1, 0.15) is 12.4 Å². The predicted molar refractivity (Wildman–Crippen MR) is 60.1 cm³/mol. The smallest absolute Gasteiger partial charge is 0.190 e. The number of ether oxygens (including phenoxy) is 1. The van der Waals surface area contributed by atoms with E-state index in [1.165, 1.54) is 0 Å². The van der Waals surface area contributed by atoms with Gasteiger partial charge >= 0.3 is 0 Å². The van der Waals surface area contributed by atoms with Crippen LogP contribution in [0, 0.1) is 0 Å². The van der Waals surface area contributed by atoms with Gasteiger partial charge in [-0.1, -0.05) is 13.8 Å². The summed E-state index contributed by atoms with van der Waals surface area (Å²) in [6, 6.07) is 0.225. The van der Waals surface area contributed by atoms with Crippen molar-refractivity contribution >= 4 is 5.84 Å². The molecule has 1 heterocycles. The third-order valence-corrected chi connectivity index (χ3v) is 1.35. The minimum Gasteiger partial charge on any atom is -0.477 e. The molecule has 1 aliphatic rings. The van der Waals surface area contributed by atoms with Crippen molar-refractivity contribution in [2.24, 2.45) is 10.7 Å². The van der Waals surface area contributed by atoms with Crippen LogP contribution in [0.3, 0.4) is 0 Å². The largest absolute Gasteiger partial charge is 0.477 e. The highest BCUT2D eigenvalue weighted by atomic mass is 16.5. The number of nitrogens with two attached hydrogens (primary N) is 1. The molecule has 0 aromatic heterocycles. The second-order valence-corrected chi connectivity index (χ2v) is 2.93. The van der Waals surface area contributed by atoms with Gasteiger partial charge in [0.05, 0.1) is 6.54 Å². The molecule has 1 rings (SSSR count). The molecule has 0 unspecified atom stereocenters. The maximum absolute atomic E-state index is 5.61. The second kappa shape index (κ2) is 7.24.